The van der Waals surface area contributed by atoms with E-state index in [4.69, 9.17) is 5.11 Å². The predicted molar refractivity (Wildman–Crippen MR) is 63.3 cm³/mol. The fourth-order valence-electron chi connectivity index (χ4n) is 1.08. The van der Waals surface area contributed by atoms with Crippen molar-refractivity contribution in [2.45, 2.75) is 19.4 Å². The van der Waals surface area contributed by atoms with Gasteiger partial charge in [0.2, 0.25) is 0 Å². The molecule has 4 nitrogen and oxygen atoms in total. The van der Waals surface area contributed by atoms with Gasteiger partial charge in [-0.25, -0.2) is 9.18 Å². The van der Waals surface area contributed by atoms with Crippen molar-refractivity contribution in [3.63, 3.8) is 0 Å². The Kier molecular flexibility index (Phi) is 3.87. The number of halogens is 2. The van der Waals surface area contributed by atoms with E-state index in [0.717, 1.165) is 6.07 Å². The molecular formula is C11H11BrFNO3. The molecule has 0 atom stereocenters. The van der Waals surface area contributed by atoms with E-state index in [-0.39, 0.29) is 5.56 Å². The molecule has 92 valence electrons. The van der Waals surface area contributed by atoms with E-state index >= 15 is 0 Å². The lowest BCUT2D eigenvalue weighted by atomic mass is 10.1. The molecule has 2 N–H and O–H groups in total. The number of carboxylic acid groups (broad SMARTS) is 1. The molecule has 0 aromatic heterocycles. The largest absolute Gasteiger partial charge is 0.480 e. The number of benzene rings is 1. The van der Waals surface area contributed by atoms with Crippen LogP contribution in [0.5, 0.6) is 0 Å². The molecule has 0 radical (unpaired) electrons. The van der Waals surface area contributed by atoms with E-state index in [1.807, 2.05) is 0 Å². The zero-order valence-corrected chi connectivity index (χ0v) is 10.8. The summed E-state index contributed by atoms with van der Waals surface area (Å²) in [4.78, 5) is 22.5. The fraction of sp³-hybridized carbons (Fsp3) is 0.273. The van der Waals surface area contributed by atoms with Crippen LogP contribution in [0.3, 0.4) is 0 Å². The highest BCUT2D eigenvalue weighted by atomic mass is 79.9. The standard InChI is InChI=1S/C11H11BrFNO3/c1-11(2,10(16)17)14-9(15)7-5-6(12)3-4-8(7)13/h3-5H,1-2H3,(H,14,15)(H,16,17). The van der Waals surface area contributed by atoms with Gasteiger partial charge in [0.1, 0.15) is 11.4 Å². The quantitative estimate of drug-likeness (QED) is 0.899. The highest BCUT2D eigenvalue weighted by Gasteiger charge is 2.30. The molecule has 1 rings (SSSR count). The minimum absolute atomic E-state index is 0.200. The first-order chi connectivity index (χ1) is 7.74. The van der Waals surface area contributed by atoms with Crippen LogP contribution in [0.1, 0.15) is 24.2 Å². The van der Waals surface area contributed by atoms with Crippen LogP contribution < -0.4 is 5.32 Å². The Morgan fingerprint density at radius 3 is 2.53 bits per heavy atom. The number of amides is 1. The highest BCUT2D eigenvalue weighted by Crippen LogP contribution is 2.16. The molecule has 0 bridgehead atoms. The summed E-state index contributed by atoms with van der Waals surface area (Å²) in [7, 11) is 0. The zero-order chi connectivity index (χ0) is 13.2. The van der Waals surface area contributed by atoms with Crippen LogP contribution in [0.4, 0.5) is 4.39 Å². The Labute approximate surface area is 106 Å². The van der Waals surface area contributed by atoms with Crippen molar-refractivity contribution in [3.8, 4) is 0 Å². The van der Waals surface area contributed by atoms with Gasteiger partial charge in [-0.2, -0.15) is 0 Å². The third kappa shape index (κ3) is 3.26. The van der Waals surface area contributed by atoms with E-state index < -0.39 is 23.2 Å². The average Bonchev–Trinajstić information content (AvgIpc) is 2.20. The van der Waals surface area contributed by atoms with E-state index in [0.29, 0.717) is 4.47 Å². The van der Waals surface area contributed by atoms with Crippen LogP contribution in [0.25, 0.3) is 0 Å². The number of hydrogen-bond donors (Lipinski definition) is 2. The van der Waals surface area contributed by atoms with Crippen LogP contribution in [0, 0.1) is 5.82 Å². The number of carbonyl (C=O) groups is 2. The van der Waals surface area contributed by atoms with E-state index in [1.165, 1.54) is 26.0 Å². The molecule has 0 heterocycles. The van der Waals surface area contributed by atoms with Crippen molar-refractivity contribution >= 4 is 27.8 Å². The molecule has 0 unspecified atom stereocenters. The minimum Gasteiger partial charge on any atom is -0.480 e. The Morgan fingerprint density at radius 2 is 2.00 bits per heavy atom. The van der Waals surface area contributed by atoms with Crippen molar-refractivity contribution in [2.24, 2.45) is 0 Å². The first-order valence-corrected chi connectivity index (χ1v) is 5.54. The molecule has 0 saturated carbocycles. The lowest BCUT2D eigenvalue weighted by molar-refractivity contribution is -0.143. The Hall–Kier alpha value is -1.43. The van der Waals surface area contributed by atoms with Crippen molar-refractivity contribution < 1.29 is 19.1 Å². The number of nitrogens with one attached hydrogen (secondary N) is 1. The third-order valence-corrected chi connectivity index (χ3v) is 2.63. The van der Waals surface area contributed by atoms with Gasteiger partial charge < -0.3 is 10.4 Å². The zero-order valence-electron chi connectivity index (χ0n) is 9.25. The molecule has 6 heteroatoms. The third-order valence-electron chi connectivity index (χ3n) is 2.13. The Balaban J connectivity index is 2.98. The number of hydrogen-bond acceptors (Lipinski definition) is 2. The number of aliphatic carboxylic acids is 1. The lowest BCUT2D eigenvalue weighted by Crippen LogP contribution is -2.49. The van der Waals surface area contributed by atoms with Crippen LogP contribution in [0.15, 0.2) is 22.7 Å². The second kappa shape index (κ2) is 4.83. The molecule has 0 spiro atoms. The van der Waals surface area contributed by atoms with Crippen molar-refractivity contribution in [1.29, 1.82) is 0 Å². The lowest BCUT2D eigenvalue weighted by Gasteiger charge is -2.21. The second-order valence-electron chi connectivity index (χ2n) is 4.01. The maximum atomic E-state index is 13.4. The summed E-state index contributed by atoms with van der Waals surface area (Å²) in [6.07, 6.45) is 0. The normalized spacial score (nSPS) is 11.1. The van der Waals surface area contributed by atoms with Gasteiger partial charge in [-0.15, -0.1) is 0 Å². The van der Waals surface area contributed by atoms with Gasteiger partial charge in [-0.1, -0.05) is 15.9 Å². The first-order valence-electron chi connectivity index (χ1n) is 4.75. The molecule has 0 aliphatic rings. The monoisotopic (exact) mass is 303 g/mol. The number of carboxylic acids is 1. The van der Waals surface area contributed by atoms with Gasteiger partial charge >= 0.3 is 5.97 Å². The Bertz CT molecular complexity index is 474. The van der Waals surface area contributed by atoms with Crippen molar-refractivity contribution in [3.05, 3.63) is 34.1 Å². The van der Waals surface area contributed by atoms with Gasteiger partial charge in [0.25, 0.3) is 5.91 Å². The molecule has 0 aliphatic heterocycles. The van der Waals surface area contributed by atoms with Crippen molar-refractivity contribution in [2.75, 3.05) is 0 Å². The predicted octanol–water partition coefficient (Wildman–Crippen LogP) is 2.18. The number of carbonyl (C=O) groups excluding carboxylic acids is 1. The topological polar surface area (TPSA) is 66.4 Å². The summed E-state index contributed by atoms with van der Waals surface area (Å²) < 4.78 is 13.9. The SMILES string of the molecule is CC(C)(NC(=O)c1cc(Br)ccc1F)C(=O)O. The van der Waals surface area contributed by atoms with Crippen molar-refractivity contribution in [1.82, 2.24) is 5.32 Å². The highest BCUT2D eigenvalue weighted by molar-refractivity contribution is 9.10. The maximum Gasteiger partial charge on any atom is 0.328 e. The minimum atomic E-state index is -1.45. The van der Waals surface area contributed by atoms with Gasteiger partial charge in [0.15, 0.2) is 0 Å². The molecule has 1 amide bonds. The molecule has 0 fully saturated rings. The van der Waals surface area contributed by atoms with E-state index in [1.54, 1.807) is 0 Å². The van der Waals surface area contributed by atoms with E-state index in [9.17, 15) is 14.0 Å². The molecular weight excluding hydrogens is 293 g/mol. The second-order valence-corrected chi connectivity index (χ2v) is 4.92. The smallest absolute Gasteiger partial charge is 0.328 e. The van der Waals surface area contributed by atoms with Gasteiger partial charge in [-0.3, -0.25) is 4.79 Å². The first kappa shape index (κ1) is 13.6. The molecule has 1 aromatic rings. The van der Waals surface area contributed by atoms with Gasteiger partial charge in [0.05, 0.1) is 5.56 Å². The van der Waals surface area contributed by atoms with Crippen LogP contribution in [0.2, 0.25) is 0 Å². The Morgan fingerprint density at radius 1 is 1.41 bits per heavy atom. The summed E-state index contributed by atoms with van der Waals surface area (Å²) >= 11 is 3.11. The van der Waals surface area contributed by atoms with Crippen LogP contribution in [-0.4, -0.2) is 22.5 Å². The summed E-state index contributed by atoms with van der Waals surface area (Å²) in [5, 5.41) is 11.1. The van der Waals surface area contributed by atoms with Crippen LogP contribution >= 0.6 is 15.9 Å². The summed E-state index contributed by atoms with van der Waals surface area (Å²) in [5.41, 5.74) is -1.65. The molecule has 0 aliphatic carbocycles. The average molecular weight is 304 g/mol. The van der Waals surface area contributed by atoms with E-state index in [2.05, 4.69) is 21.2 Å². The van der Waals surface area contributed by atoms with Crippen LogP contribution in [-0.2, 0) is 4.79 Å². The summed E-state index contributed by atoms with van der Waals surface area (Å²) in [6.45, 7) is 2.65. The van der Waals surface area contributed by atoms with Gasteiger partial charge in [0, 0.05) is 4.47 Å². The molecule has 17 heavy (non-hydrogen) atoms. The maximum absolute atomic E-state index is 13.4. The number of rotatable bonds is 3. The van der Waals surface area contributed by atoms with Gasteiger partial charge in [-0.05, 0) is 32.0 Å². The fourth-order valence-corrected chi connectivity index (χ4v) is 1.44. The molecule has 1 aromatic carbocycles. The summed E-state index contributed by atoms with van der Waals surface area (Å²) in [5.74, 6) is -2.66. The molecule has 0 saturated heterocycles. The summed E-state index contributed by atoms with van der Waals surface area (Å²) in [6, 6.07) is 3.88.